The molecule has 0 spiro atoms. The van der Waals surface area contributed by atoms with Crippen molar-refractivity contribution < 1.29 is 13.2 Å². The molecule has 0 aliphatic heterocycles. The van der Waals surface area contributed by atoms with Crippen LogP contribution in [0.4, 0.5) is 0 Å². The summed E-state index contributed by atoms with van der Waals surface area (Å²) in [6, 6.07) is 16.5. The van der Waals surface area contributed by atoms with Gasteiger partial charge in [0.15, 0.2) is 0 Å². The highest BCUT2D eigenvalue weighted by molar-refractivity contribution is 7.89. The Morgan fingerprint density at radius 3 is 2.21 bits per heavy atom. The van der Waals surface area contributed by atoms with Crippen LogP contribution in [0, 0.1) is 13.8 Å². The highest BCUT2D eigenvalue weighted by Crippen LogP contribution is 2.20. The average Bonchev–Trinajstić information content (AvgIpc) is 3.12. The second-order valence-corrected chi connectivity index (χ2v) is 10.0. The number of aryl methyl sites for hydroxylation is 1. The third kappa shape index (κ3) is 5.46. The zero-order valence-corrected chi connectivity index (χ0v) is 21.2. The molecule has 0 aliphatic carbocycles. The van der Waals surface area contributed by atoms with Gasteiger partial charge in [-0.05, 0) is 49.8 Å². The lowest BCUT2D eigenvalue weighted by atomic mass is 10.1. The largest absolute Gasteiger partial charge is 0.338 e. The first-order chi connectivity index (χ1) is 16.2. The van der Waals surface area contributed by atoms with E-state index in [9.17, 15) is 13.2 Å². The second kappa shape index (κ2) is 10.8. The molecule has 3 rings (SSSR count). The number of carbonyl (C=O) groups is 1. The van der Waals surface area contributed by atoms with E-state index in [1.165, 1.54) is 10.4 Å². The lowest BCUT2D eigenvalue weighted by Gasteiger charge is -2.18. The minimum absolute atomic E-state index is 0.147. The van der Waals surface area contributed by atoms with Crippen molar-refractivity contribution in [2.45, 2.75) is 39.1 Å². The van der Waals surface area contributed by atoms with Gasteiger partial charge in [0.2, 0.25) is 15.9 Å². The fourth-order valence-corrected chi connectivity index (χ4v) is 5.26. The predicted octanol–water partition coefficient (Wildman–Crippen LogP) is 4.19. The summed E-state index contributed by atoms with van der Waals surface area (Å²) in [4.78, 5) is 14.6. The van der Waals surface area contributed by atoms with Crippen LogP contribution in [0.3, 0.4) is 0 Å². The van der Waals surface area contributed by atoms with Crippen molar-refractivity contribution in [2.24, 2.45) is 0 Å². The number of hydrogen-bond donors (Lipinski definition) is 0. The van der Waals surface area contributed by atoms with Crippen LogP contribution in [0.1, 0.15) is 36.4 Å². The SMILES string of the molecule is CCN(CC)S(=O)(=O)c1ccc(/C=C/C(=O)N(C)Cc2c(C)nn(-c3ccccc3)c2C)cc1. The first-order valence-electron chi connectivity index (χ1n) is 11.3. The van der Waals surface area contributed by atoms with Crippen molar-refractivity contribution in [1.82, 2.24) is 19.0 Å². The summed E-state index contributed by atoms with van der Waals surface area (Å²) in [5, 5.41) is 4.65. The highest BCUT2D eigenvalue weighted by Gasteiger charge is 2.21. The summed E-state index contributed by atoms with van der Waals surface area (Å²) in [5.41, 5.74) is 4.63. The molecule has 3 aromatic rings. The number of sulfonamides is 1. The topological polar surface area (TPSA) is 75.5 Å². The van der Waals surface area contributed by atoms with Crippen LogP contribution in [0.2, 0.25) is 0 Å². The summed E-state index contributed by atoms with van der Waals surface area (Å²) in [6.45, 7) is 8.86. The van der Waals surface area contributed by atoms with Gasteiger partial charge in [-0.15, -0.1) is 0 Å². The van der Waals surface area contributed by atoms with Crippen molar-refractivity contribution in [3.63, 3.8) is 0 Å². The Labute approximate surface area is 202 Å². The van der Waals surface area contributed by atoms with E-state index in [0.717, 1.165) is 28.2 Å². The molecule has 7 nitrogen and oxygen atoms in total. The van der Waals surface area contributed by atoms with Gasteiger partial charge in [0.25, 0.3) is 0 Å². The monoisotopic (exact) mass is 480 g/mol. The molecule has 1 aromatic heterocycles. The van der Waals surface area contributed by atoms with E-state index in [2.05, 4.69) is 5.10 Å². The van der Waals surface area contributed by atoms with Gasteiger partial charge in [-0.25, -0.2) is 13.1 Å². The minimum atomic E-state index is -3.50. The fourth-order valence-electron chi connectivity index (χ4n) is 3.80. The standard InChI is InChI=1S/C26H32N4O3S/c1-6-29(7-2)34(32,33)24-16-13-22(14-17-24)15-18-26(31)28(5)19-25-20(3)27-30(21(25)4)23-11-9-8-10-12-23/h8-18H,6-7,19H2,1-5H3/b18-15+. The molecule has 0 N–H and O–H groups in total. The second-order valence-electron chi connectivity index (χ2n) is 8.08. The lowest BCUT2D eigenvalue weighted by Crippen LogP contribution is -2.30. The number of aromatic nitrogens is 2. The number of amides is 1. The van der Waals surface area contributed by atoms with Crippen molar-refractivity contribution in [3.05, 3.63) is 83.2 Å². The molecule has 0 atom stereocenters. The minimum Gasteiger partial charge on any atom is -0.338 e. The molecule has 8 heteroatoms. The molecule has 1 amide bonds. The van der Waals surface area contributed by atoms with Crippen LogP contribution >= 0.6 is 0 Å². The number of carbonyl (C=O) groups excluding carboxylic acids is 1. The van der Waals surface area contributed by atoms with Crippen molar-refractivity contribution >= 4 is 22.0 Å². The fraction of sp³-hybridized carbons (Fsp3) is 0.308. The quantitative estimate of drug-likeness (QED) is 0.431. The Bertz CT molecular complexity index is 1260. The highest BCUT2D eigenvalue weighted by atomic mass is 32.2. The molecular weight excluding hydrogens is 448 g/mol. The molecule has 0 saturated heterocycles. The van der Waals surface area contributed by atoms with Crippen LogP contribution < -0.4 is 0 Å². The summed E-state index contributed by atoms with van der Waals surface area (Å²) >= 11 is 0. The number of para-hydroxylation sites is 1. The normalized spacial score (nSPS) is 11.9. The van der Waals surface area contributed by atoms with E-state index < -0.39 is 10.0 Å². The zero-order valence-electron chi connectivity index (χ0n) is 20.4. The van der Waals surface area contributed by atoms with Crippen LogP contribution in [0.25, 0.3) is 11.8 Å². The van der Waals surface area contributed by atoms with Gasteiger partial charge < -0.3 is 4.90 Å². The van der Waals surface area contributed by atoms with E-state index in [-0.39, 0.29) is 10.8 Å². The molecule has 0 bridgehead atoms. The first-order valence-corrected chi connectivity index (χ1v) is 12.8. The van der Waals surface area contributed by atoms with E-state index in [4.69, 9.17) is 0 Å². The molecule has 180 valence electrons. The van der Waals surface area contributed by atoms with Gasteiger partial charge in [0.05, 0.1) is 16.3 Å². The van der Waals surface area contributed by atoms with E-state index >= 15 is 0 Å². The Hall–Kier alpha value is -3.23. The number of hydrogen-bond acceptors (Lipinski definition) is 4. The molecule has 0 fully saturated rings. The van der Waals surface area contributed by atoms with Gasteiger partial charge in [-0.2, -0.15) is 9.40 Å². The van der Waals surface area contributed by atoms with E-state index in [1.54, 1.807) is 42.3 Å². The average molecular weight is 481 g/mol. The smallest absolute Gasteiger partial charge is 0.246 e. The third-order valence-electron chi connectivity index (χ3n) is 5.86. The maximum Gasteiger partial charge on any atom is 0.246 e. The van der Waals surface area contributed by atoms with Gasteiger partial charge in [-0.1, -0.05) is 44.2 Å². The molecule has 34 heavy (non-hydrogen) atoms. The predicted molar refractivity (Wildman–Crippen MR) is 135 cm³/mol. The van der Waals surface area contributed by atoms with Gasteiger partial charge in [0.1, 0.15) is 0 Å². The molecule has 2 aromatic carbocycles. The van der Waals surface area contributed by atoms with Crippen molar-refractivity contribution in [2.75, 3.05) is 20.1 Å². The summed E-state index contributed by atoms with van der Waals surface area (Å²) in [5.74, 6) is -0.147. The van der Waals surface area contributed by atoms with Crippen molar-refractivity contribution in [3.8, 4) is 5.69 Å². The van der Waals surface area contributed by atoms with Crippen LogP contribution in [0.5, 0.6) is 0 Å². The summed E-state index contributed by atoms with van der Waals surface area (Å²) < 4.78 is 28.6. The molecular formula is C26H32N4O3S. The maximum atomic E-state index is 12.7. The Balaban J connectivity index is 1.70. The molecule has 0 radical (unpaired) electrons. The molecule has 0 aliphatic rings. The Kier molecular flexibility index (Phi) is 8.06. The summed E-state index contributed by atoms with van der Waals surface area (Å²) in [7, 11) is -1.74. The van der Waals surface area contributed by atoms with Gasteiger partial charge in [-0.3, -0.25) is 4.79 Å². The number of rotatable bonds is 9. The number of nitrogens with zero attached hydrogens (tertiary/aromatic N) is 4. The van der Waals surface area contributed by atoms with Crippen LogP contribution in [-0.4, -0.2) is 53.4 Å². The molecule has 0 unspecified atom stereocenters. The number of benzene rings is 2. The van der Waals surface area contributed by atoms with Crippen LogP contribution in [-0.2, 0) is 21.4 Å². The van der Waals surface area contributed by atoms with E-state index in [1.807, 2.05) is 62.7 Å². The summed E-state index contributed by atoms with van der Waals surface area (Å²) in [6.07, 6.45) is 3.19. The maximum absolute atomic E-state index is 12.7. The third-order valence-corrected chi connectivity index (χ3v) is 7.92. The van der Waals surface area contributed by atoms with Gasteiger partial charge in [0, 0.05) is 44.0 Å². The van der Waals surface area contributed by atoms with E-state index in [0.29, 0.717) is 19.6 Å². The zero-order chi connectivity index (χ0) is 24.9. The van der Waals surface area contributed by atoms with Crippen LogP contribution in [0.15, 0.2) is 65.6 Å². The lowest BCUT2D eigenvalue weighted by molar-refractivity contribution is -0.125. The van der Waals surface area contributed by atoms with Crippen molar-refractivity contribution in [1.29, 1.82) is 0 Å². The number of likely N-dealkylation sites (N-methyl/N-ethyl adjacent to an activating group) is 1. The molecule has 1 heterocycles. The Morgan fingerprint density at radius 2 is 1.62 bits per heavy atom. The molecule has 0 saturated carbocycles. The first kappa shape index (κ1) is 25.4. The van der Waals surface area contributed by atoms with Gasteiger partial charge >= 0.3 is 0 Å². The Morgan fingerprint density at radius 1 is 1.00 bits per heavy atom.